The molecule has 0 unspecified atom stereocenters. The molecule has 11 nitrogen and oxygen atoms in total. The van der Waals surface area contributed by atoms with Crippen LogP contribution >= 0.6 is 0 Å². The molecule has 3 atom stereocenters. The van der Waals surface area contributed by atoms with Gasteiger partial charge in [0.25, 0.3) is 5.56 Å². The lowest BCUT2D eigenvalue weighted by molar-refractivity contribution is -0.0893. The number of likely N-dealkylation sites (N-methyl/N-ethyl adjacent to an activating group) is 1. The minimum atomic E-state index is -2.38. The first-order valence-electron chi connectivity index (χ1n) is 13.9. The number of nitrogens with one attached hydrogen (secondary N) is 1. The molecule has 41 heavy (non-hydrogen) atoms. The van der Waals surface area contributed by atoms with Crippen LogP contribution in [0.4, 0.5) is 29.1 Å². The molecule has 0 bridgehead atoms. The topological polar surface area (TPSA) is 118 Å². The van der Waals surface area contributed by atoms with Crippen molar-refractivity contribution >= 4 is 38.8 Å². The van der Waals surface area contributed by atoms with Crippen molar-refractivity contribution in [1.82, 2.24) is 24.4 Å². The Kier molecular flexibility index (Phi) is 6.70. The SMILES string of the molecule is CN1CC[C@@H](n2ccc(Nc3ncc4c(n3)N(c3cccc(N=S(C)(C)=O)n3)[C@@H]3CC(C)(C)OC[C@]43C)cc2=O)C1. The number of ether oxygens (including phenoxy) is 1. The van der Waals surface area contributed by atoms with E-state index in [1.165, 1.54) is 0 Å². The zero-order valence-electron chi connectivity index (χ0n) is 24.5. The van der Waals surface area contributed by atoms with Gasteiger partial charge in [0.2, 0.25) is 5.95 Å². The lowest BCUT2D eigenvalue weighted by atomic mass is 9.73. The van der Waals surface area contributed by atoms with Gasteiger partial charge in [-0.1, -0.05) is 13.0 Å². The summed E-state index contributed by atoms with van der Waals surface area (Å²) < 4.78 is 24.9. The first kappa shape index (κ1) is 27.8. The number of anilines is 4. The number of pyridine rings is 2. The van der Waals surface area contributed by atoms with E-state index in [0.717, 1.165) is 37.3 Å². The molecule has 2 fully saturated rings. The van der Waals surface area contributed by atoms with Crippen molar-refractivity contribution in [2.45, 2.75) is 56.7 Å². The number of hydrogen-bond donors (Lipinski definition) is 1. The van der Waals surface area contributed by atoms with Crippen molar-refractivity contribution < 1.29 is 8.95 Å². The fourth-order valence-electron chi connectivity index (χ4n) is 6.22. The first-order chi connectivity index (χ1) is 19.3. The molecule has 6 rings (SSSR count). The van der Waals surface area contributed by atoms with Gasteiger partial charge in [0.05, 0.1) is 24.3 Å². The van der Waals surface area contributed by atoms with Crippen LogP contribution in [0.3, 0.4) is 0 Å². The van der Waals surface area contributed by atoms with Crippen LogP contribution in [0.25, 0.3) is 0 Å². The highest BCUT2D eigenvalue weighted by Gasteiger charge is 2.55. The number of nitrogens with zero attached hydrogens (tertiary/aromatic N) is 7. The van der Waals surface area contributed by atoms with Crippen LogP contribution in [0.15, 0.2) is 51.9 Å². The van der Waals surface area contributed by atoms with Crippen molar-refractivity contribution in [3.05, 3.63) is 58.6 Å². The first-order valence-corrected chi connectivity index (χ1v) is 16.3. The van der Waals surface area contributed by atoms with E-state index in [2.05, 4.69) is 52.3 Å². The normalized spacial score (nSPS) is 25.6. The third-order valence-corrected chi connectivity index (χ3v) is 8.98. The van der Waals surface area contributed by atoms with Gasteiger partial charge < -0.3 is 24.4 Å². The highest BCUT2D eigenvalue weighted by Crippen LogP contribution is 2.53. The standard InChI is InChI=1S/C29H38N8O3S/c1-28(2)15-22-29(3,18-40-28)21-16-30-27(31-19-10-13-36(25(38)14-19)20-11-12-35(4)17-20)33-26(21)37(22)24-9-7-8-23(32-24)34-41(5,6)39/h7-10,13-14,16,20,22H,11-12,15,17-18H2,1-6H3,(H,30,31,33)/t20-,22-,29-/m1/s1. The number of aromatic nitrogens is 4. The Hall–Kier alpha value is -3.35. The van der Waals surface area contributed by atoms with Crippen molar-refractivity contribution in [2.24, 2.45) is 4.36 Å². The number of rotatable bonds is 5. The van der Waals surface area contributed by atoms with E-state index in [0.29, 0.717) is 29.9 Å². The summed E-state index contributed by atoms with van der Waals surface area (Å²) >= 11 is 0. The quantitative estimate of drug-likeness (QED) is 0.479. The molecule has 3 aromatic heterocycles. The molecule has 0 amide bonds. The molecular formula is C29H38N8O3S. The lowest BCUT2D eigenvalue weighted by Crippen LogP contribution is -2.54. The molecule has 6 heterocycles. The largest absolute Gasteiger partial charge is 0.374 e. The van der Waals surface area contributed by atoms with Gasteiger partial charge in [-0.25, -0.2) is 14.2 Å². The highest BCUT2D eigenvalue weighted by atomic mass is 32.2. The minimum Gasteiger partial charge on any atom is -0.374 e. The summed E-state index contributed by atoms with van der Waals surface area (Å²) in [6.07, 6.45) is 8.61. The summed E-state index contributed by atoms with van der Waals surface area (Å²) in [5, 5.41) is 3.24. The predicted octanol–water partition coefficient (Wildman–Crippen LogP) is 3.99. The van der Waals surface area contributed by atoms with E-state index >= 15 is 0 Å². The smallest absolute Gasteiger partial charge is 0.252 e. The minimum absolute atomic E-state index is 0.00892. The summed E-state index contributed by atoms with van der Waals surface area (Å²) in [4.78, 5) is 31.8. The van der Waals surface area contributed by atoms with E-state index < -0.39 is 9.73 Å². The van der Waals surface area contributed by atoms with Gasteiger partial charge in [-0.15, -0.1) is 0 Å². The van der Waals surface area contributed by atoms with E-state index in [1.54, 1.807) is 24.6 Å². The maximum Gasteiger partial charge on any atom is 0.252 e. The third kappa shape index (κ3) is 5.35. The molecular weight excluding hydrogens is 540 g/mol. The van der Waals surface area contributed by atoms with Crippen molar-refractivity contribution in [2.75, 3.05) is 49.5 Å². The summed E-state index contributed by atoms with van der Waals surface area (Å²) in [5.74, 6) is 2.22. The van der Waals surface area contributed by atoms with Gasteiger partial charge in [0.15, 0.2) is 5.82 Å². The molecule has 0 spiro atoms. The fraction of sp³-hybridized carbons (Fsp3) is 0.517. The molecule has 0 aliphatic carbocycles. The number of fused-ring (bicyclic) bond motifs is 3. The molecule has 3 aliphatic rings. The van der Waals surface area contributed by atoms with Crippen LogP contribution in [-0.4, -0.2) is 79.5 Å². The zero-order chi connectivity index (χ0) is 29.2. The third-order valence-electron chi connectivity index (χ3n) is 8.35. The Labute approximate surface area is 241 Å². The molecule has 12 heteroatoms. The highest BCUT2D eigenvalue weighted by molar-refractivity contribution is 7.92. The average molecular weight is 579 g/mol. The molecule has 0 aromatic carbocycles. The fourth-order valence-corrected chi connectivity index (χ4v) is 6.77. The van der Waals surface area contributed by atoms with E-state index in [4.69, 9.17) is 14.7 Å². The van der Waals surface area contributed by atoms with Crippen molar-refractivity contribution in [1.29, 1.82) is 0 Å². The van der Waals surface area contributed by atoms with Crippen LogP contribution in [0.1, 0.15) is 45.2 Å². The zero-order valence-corrected chi connectivity index (χ0v) is 25.3. The Morgan fingerprint density at radius 3 is 2.68 bits per heavy atom. The van der Waals surface area contributed by atoms with Gasteiger partial charge in [-0.05, 0) is 58.5 Å². The second kappa shape index (κ2) is 9.88. The predicted molar refractivity (Wildman–Crippen MR) is 161 cm³/mol. The summed E-state index contributed by atoms with van der Waals surface area (Å²) in [5.41, 5.74) is 0.860. The monoisotopic (exact) mass is 578 g/mol. The van der Waals surface area contributed by atoms with Gasteiger partial charge in [-0.2, -0.15) is 9.35 Å². The van der Waals surface area contributed by atoms with Crippen LogP contribution in [-0.2, 0) is 19.9 Å². The molecule has 1 N–H and O–H groups in total. The van der Waals surface area contributed by atoms with Crippen molar-refractivity contribution in [3.63, 3.8) is 0 Å². The Bertz CT molecular complexity index is 1670. The van der Waals surface area contributed by atoms with E-state index in [-0.39, 0.29) is 28.7 Å². The Balaban J connectivity index is 1.38. The summed E-state index contributed by atoms with van der Waals surface area (Å²) in [6.45, 7) is 8.75. The molecule has 3 aliphatic heterocycles. The van der Waals surface area contributed by atoms with Crippen LogP contribution in [0.5, 0.6) is 0 Å². The van der Waals surface area contributed by atoms with E-state index in [9.17, 15) is 9.00 Å². The van der Waals surface area contributed by atoms with Gasteiger partial charge in [0, 0.05) is 63.9 Å². The Morgan fingerprint density at radius 2 is 1.98 bits per heavy atom. The molecule has 3 aromatic rings. The molecule has 218 valence electrons. The Morgan fingerprint density at radius 1 is 1.17 bits per heavy atom. The van der Waals surface area contributed by atoms with Crippen LogP contribution < -0.4 is 15.8 Å². The molecule has 2 saturated heterocycles. The van der Waals surface area contributed by atoms with Crippen LogP contribution in [0.2, 0.25) is 0 Å². The maximum absolute atomic E-state index is 13.0. The van der Waals surface area contributed by atoms with E-state index in [1.807, 2.05) is 35.2 Å². The number of likely N-dealkylation sites (tertiary alicyclic amines) is 1. The van der Waals surface area contributed by atoms with Crippen LogP contribution in [0, 0.1) is 0 Å². The molecule has 0 saturated carbocycles. The average Bonchev–Trinajstić information content (AvgIpc) is 3.41. The summed E-state index contributed by atoms with van der Waals surface area (Å²) in [6, 6.07) is 9.26. The summed E-state index contributed by atoms with van der Waals surface area (Å²) in [7, 11) is -0.305. The van der Waals surface area contributed by atoms with Gasteiger partial charge >= 0.3 is 0 Å². The lowest BCUT2D eigenvalue weighted by Gasteiger charge is -2.46. The molecule has 0 radical (unpaired) electrons. The second-order valence-electron chi connectivity index (χ2n) is 12.6. The maximum atomic E-state index is 13.0. The van der Waals surface area contributed by atoms with Crippen molar-refractivity contribution in [3.8, 4) is 0 Å². The van der Waals surface area contributed by atoms with Gasteiger partial charge in [-0.3, -0.25) is 4.79 Å². The number of hydrogen-bond acceptors (Lipinski definition) is 10. The van der Waals surface area contributed by atoms with Gasteiger partial charge in [0.1, 0.15) is 11.6 Å². The second-order valence-corrected chi connectivity index (χ2v) is 15.1.